The first-order chi connectivity index (χ1) is 7.09. The fourth-order valence-electron chi connectivity index (χ4n) is 1.31. The Balaban J connectivity index is 2.37. The van der Waals surface area contributed by atoms with Crippen LogP contribution in [0.25, 0.3) is 0 Å². The molecule has 84 valence electrons. The van der Waals surface area contributed by atoms with Crippen molar-refractivity contribution in [3.8, 4) is 0 Å². The van der Waals surface area contributed by atoms with Gasteiger partial charge in [0.05, 0.1) is 0 Å². The topological polar surface area (TPSA) is 26.0 Å². The predicted molar refractivity (Wildman–Crippen MR) is 73.4 cm³/mol. The fraction of sp³-hybridized carbons (Fsp3) is 0.500. The number of hydrogen-bond donors (Lipinski definition) is 1. The summed E-state index contributed by atoms with van der Waals surface area (Å²) < 4.78 is 1.11. The number of rotatable bonds is 5. The van der Waals surface area contributed by atoms with Gasteiger partial charge in [-0.1, -0.05) is 20.3 Å². The highest BCUT2D eigenvalue weighted by atomic mass is 79.9. The third kappa shape index (κ3) is 4.94. The quantitative estimate of drug-likeness (QED) is 0.488. The summed E-state index contributed by atoms with van der Waals surface area (Å²) in [5.41, 5.74) is 6.50. The molecule has 0 atom stereocenters. The number of anilines is 1. The maximum Gasteiger partial charge on any atom is 0.0331 e. The van der Waals surface area contributed by atoms with Gasteiger partial charge in [0.25, 0.3) is 0 Å². The maximum atomic E-state index is 5.68. The van der Waals surface area contributed by atoms with Gasteiger partial charge in [-0.15, -0.1) is 11.8 Å². The Kier molecular flexibility index (Phi) is 5.54. The maximum absolute atomic E-state index is 5.68. The van der Waals surface area contributed by atoms with Crippen LogP contribution in [0.1, 0.15) is 26.7 Å². The van der Waals surface area contributed by atoms with Gasteiger partial charge < -0.3 is 5.73 Å². The van der Waals surface area contributed by atoms with E-state index in [0.717, 1.165) is 16.1 Å². The van der Waals surface area contributed by atoms with Crippen LogP contribution in [0, 0.1) is 5.92 Å². The molecule has 0 aliphatic carbocycles. The lowest BCUT2D eigenvalue weighted by Gasteiger charge is -2.06. The molecule has 1 aromatic rings. The second-order valence-corrected chi connectivity index (χ2v) is 6.07. The normalized spacial score (nSPS) is 10.9. The third-order valence-corrected chi connectivity index (χ3v) is 4.22. The Morgan fingerprint density at radius 2 is 2.13 bits per heavy atom. The molecule has 0 bridgehead atoms. The molecule has 1 aromatic carbocycles. The van der Waals surface area contributed by atoms with E-state index in [9.17, 15) is 0 Å². The molecule has 0 radical (unpaired) electrons. The summed E-state index contributed by atoms with van der Waals surface area (Å²) in [6, 6.07) is 6.00. The van der Waals surface area contributed by atoms with E-state index >= 15 is 0 Å². The molecule has 0 saturated carbocycles. The summed E-state index contributed by atoms with van der Waals surface area (Å²) in [5.74, 6) is 1.99. The van der Waals surface area contributed by atoms with Gasteiger partial charge in [0, 0.05) is 15.1 Å². The first kappa shape index (κ1) is 12.9. The average Bonchev–Trinajstić information content (AvgIpc) is 2.14. The molecule has 0 heterocycles. The van der Waals surface area contributed by atoms with Crippen LogP contribution in [0.5, 0.6) is 0 Å². The SMILES string of the molecule is CC(C)CCCSc1ccc(N)cc1Br. The minimum absolute atomic E-state index is 0.806. The molecular formula is C12H18BrNS. The van der Waals surface area contributed by atoms with Gasteiger partial charge in [-0.2, -0.15) is 0 Å². The largest absolute Gasteiger partial charge is 0.399 e. The summed E-state index contributed by atoms with van der Waals surface area (Å²) >= 11 is 5.42. The van der Waals surface area contributed by atoms with Crippen molar-refractivity contribution >= 4 is 33.4 Å². The third-order valence-electron chi connectivity index (χ3n) is 2.14. The van der Waals surface area contributed by atoms with Gasteiger partial charge in [0.1, 0.15) is 0 Å². The van der Waals surface area contributed by atoms with E-state index in [1.807, 2.05) is 23.9 Å². The lowest BCUT2D eigenvalue weighted by atomic mass is 10.1. The number of halogens is 1. The van der Waals surface area contributed by atoms with Crippen LogP contribution in [0.4, 0.5) is 5.69 Å². The molecule has 0 aliphatic rings. The first-order valence-corrected chi connectivity index (χ1v) is 7.05. The van der Waals surface area contributed by atoms with Gasteiger partial charge >= 0.3 is 0 Å². The minimum Gasteiger partial charge on any atom is -0.399 e. The summed E-state index contributed by atoms with van der Waals surface area (Å²) in [6.45, 7) is 4.54. The molecule has 0 spiro atoms. The summed E-state index contributed by atoms with van der Waals surface area (Å²) in [7, 11) is 0. The van der Waals surface area contributed by atoms with Crippen molar-refractivity contribution in [2.24, 2.45) is 5.92 Å². The molecule has 2 N–H and O–H groups in total. The van der Waals surface area contributed by atoms with E-state index in [1.54, 1.807) is 0 Å². The van der Waals surface area contributed by atoms with Gasteiger partial charge in [-0.3, -0.25) is 0 Å². The molecule has 0 amide bonds. The van der Waals surface area contributed by atoms with E-state index in [-0.39, 0.29) is 0 Å². The molecule has 3 heteroatoms. The lowest BCUT2D eigenvalue weighted by molar-refractivity contribution is 0.579. The zero-order chi connectivity index (χ0) is 11.3. The number of hydrogen-bond acceptors (Lipinski definition) is 2. The second-order valence-electron chi connectivity index (χ2n) is 4.07. The van der Waals surface area contributed by atoms with Crippen LogP contribution in [0.2, 0.25) is 0 Å². The Labute approximate surface area is 105 Å². The van der Waals surface area contributed by atoms with Crippen LogP contribution in [0.15, 0.2) is 27.6 Å². The van der Waals surface area contributed by atoms with E-state index in [4.69, 9.17) is 5.73 Å². The first-order valence-electron chi connectivity index (χ1n) is 5.27. The molecule has 0 saturated heterocycles. The zero-order valence-electron chi connectivity index (χ0n) is 9.29. The van der Waals surface area contributed by atoms with E-state index in [1.165, 1.54) is 23.5 Å². The average molecular weight is 288 g/mol. The molecule has 15 heavy (non-hydrogen) atoms. The smallest absolute Gasteiger partial charge is 0.0331 e. The van der Waals surface area contributed by atoms with Crippen molar-refractivity contribution in [3.05, 3.63) is 22.7 Å². The zero-order valence-corrected chi connectivity index (χ0v) is 11.7. The molecular weight excluding hydrogens is 270 g/mol. The molecule has 1 rings (SSSR count). The van der Waals surface area contributed by atoms with Gasteiger partial charge in [-0.25, -0.2) is 0 Å². The van der Waals surface area contributed by atoms with Crippen LogP contribution in [-0.4, -0.2) is 5.75 Å². The van der Waals surface area contributed by atoms with Crippen molar-refractivity contribution in [3.63, 3.8) is 0 Å². The monoisotopic (exact) mass is 287 g/mol. The highest BCUT2D eigenvalue weighted by molar-refractivity contribution is 9.10. The van der Waals surface area contributed by atoms with Crippen molar-refractivity contribution < 1.29 is 0 Å². The summed E-state index contributed by atoms with van der Waals surface area (Å²) in [4.78, 5) is 1.29. The fourth-order valence-corrected chi connectivity index (χ4v) is 2.94. The standard InChI is InChI=1S/C12H18BrNS/c1-9(2)4-3-7-15-12-6-5-10(14)8-11(12)13/h5-6,8-9H,3-4,7,14H2,1-2H3. The van der Waals surface area contributed by atoms with Crippen LogP contribution < -0.4 is 5.73 Å². The Morgan fingerprint density at radius 1 is 1.40 bits per heavy atom. The molecule has 1 nitrogen and oxygen atoms in total. The van der Waals surface area contributed by atoms with E-state index in [2.05, 4.69) is 35.8 Å². The highest BCUT2D eigenvalue weighted by Crippen LogP contribution is 2.29. The lowest BCUT2D eigenvalue weighted by Crippen LogP contribution is -1.89. The Bertz CT molecular complexity index is 312. The Morgan fingerprint density at radius 3 is 2.73 bits per heavy atom. The van der Waals surface area contributed by atoms with Gasteiger partial charge in [0.2, 0.25) is 0 Å². The predicted octanol–water partition coefficient (Wildman–Crippen LogP) is 4.56. The van der Waals surface area contributed by atoms with Gasteiger partial charge in [-0.05, 0) is 52.2 Å². The molecule has 0 aromatic heterocycles. The molecule has 0 unspecified atom stereocenters. The van der Waals surface area contributed by atoms with Crippen LogP contribution in [-0.2, 0) is 0 Å². The Hall–Kier alpha value is -0.150. The van der Waals surface area contributed by atoms with Crippen molar-refractivity contribution in [1.82, 2.24) is 0 Å². The number of nitrogens with two attached hydrogens (primary N) is 1. The van der Waals surface area contributed by atoms with E-state index in [0.29, 0.717) is 0 Å². The molecule has 0 aliphatic heterocycles. The van der Waals surface area contributed by atoms with Gasteiger partial charge in [0.15, 0.2) is 0 Å². The van der Waals surface area contributed by atoms with Crippen molar-refractivity contribution in [1.29, 1.82) is 0 Å². The van der Waals surface area contributed by atoms with Crippen LogP contribution >= 0.6 is 27.7 Å². The number of nitrogen functional groups attached to an aromatic ring is 1. The number of benzene rings is 1. The highest BCUT2D eigenvalue weighted by Gasteiger charge is 2.01. The van der Waals surface area contributed by atoms with Crippen molar-refractivity contribution in [2.45, 2.75) is 31.6 Å². The number of thioether (sulfide) groups is 1. The second kappa shape index (κ2) is 6.44. The van der Waals surface area contributed by atoms with E-state index < -0.39 is 0 Å². The van der Waals surface area contributed by atoms with Crippen LogP contribution in [0.3, 0.4) is 0 Å². The van der Waals surface area contributed by atoms with Crippen molar-refractivity contribution in [2.75, 3.05) is 11.5 Å². The summed E-state index contributed by atoms with van der Waals surface area (Å²) in [5, 5.41) is 0. The molecule has 0 fully saturated rings. The summed E-state index contributed by atoms with van der Waals surface area (Å²) in [6.07, 6.45) is 2.58. The minimum atomic E-state index is 0.806.